The lowest BCUT2D eigenvalue weighted by atomic mass is 10.2. The van der Waals surface area contributed by atoms with Crippen LogP contribution >= 0.6 is 0 Å². The van der Waals surface area contributed by atoms with Gasteiger partial charge in [-0.3, -0.25) is 4.57 Å². The smallest absolute Gasteiger partial charge is 0.343 e. The summed E-state index contributed by atoms with van der Waals surface area (Å²) < 4.78 is 1.57. The van der Waals surface area contributed by atoms with Gasteiger partial charge in [0.15, 0.2) is 0 Å². The second-order valence-electron chi connectivity index (χ2n) is 4.85. The summed E-state index contributed by atoms with van der Waals surface area (Å²) in [5.74, 6) is 0. The normalized spacial score (nSPS) is 10.4. The SMILES string of the molecule is CC.CNCc1ccc(-n2cc3cc(C)[nH]c3nc2=O)cc1. The summed E-state index contributed by atoms with van der Waals surface area (Å²) >= 11 is 0. The van der Waals surface area contributed by atoms with Gasteiger partial charge in [-0.25, -0.2) is 4.79 Å². The van der Waals surface area contributed by atoms with Crippen molar-refractivity contribution in [1.82, 2.24) is 19.9 Å². The van der Waals surface area contributed by atoms with Gasteiger partial charge in [0.1, 0.15) is 5.65 Å². The summed E-state index contributed by atoms with van der Waals surface area (Å²) in [5, 5.41) is 4.03. The van der Waals surface area contributed by atoms with Crippen LogP contribution in [0.5, 0.6) is 0 Å². The van der Waals surface area contributed by atoms with Crippen LogP contribution in [0, 0.1) is 6.92 Å². The Morgan fingerprint density at radius 3 is 2.55 bits per heavy atom. The van der Waals surface area contributed by atoms with Gasteiger partial charge >= 0.3 is 5.69 Å². The molecule has 5 heteroatoms. The molecule has 0 aliphatic carbocycles. The first-order chi connectivity index (χ1) is 10.7. The molecular formula is C17H22N4O. The molecular weight excluding hydrogens is 276 g/mol. The van der Waals surface area contributed by atoms with E-state index in [0.29, 0.717) is 5.65 Å². The van der Waals surface area contributed by atoms with Crippen LogP contribution < -0.4 is 11.0 Å². The maximum absolute atomic E-state index is 12.1. The Bertz CT molecular complexity index is 800. The maximum Gasteiger partial charge on any atom is 0.354 e. The quantitative estimate of drug-likeness (QED) is 0.781. The zero-order chi connectivity index (χ0) is 16.1. The van der Waals surface area contributed by atoms with Crippen LogP contribution in [-0.2, 0) is 6.54 Å². The Balaban J connectivity index is 0.000000847. The Labute approximate surface area is 130 Å². The topological polar surface area (TPSA) is 62.7 Å². The fourth-order valence-electron chi connectivity index (χ4n) is 2.29. The summed E-state index contributed by atoms with van der Waals surface area (Å²) in [5.41, 5.74) is 3.35. The molecule has 22 heavy (non-hydrogen) atoms. The van der Waals surface area contributed by atoms with Crippen molar-refractivity contribution in [1.29, 1.82) is 0 Å². The van der Waals surface area contributed by atoms with E-state index < -0.39 is 0 Å². The van der Waals surface area contributed by atoms with Gasteiger partial charge in [0.05, 0.1) is 5.69 Å². The van der Waals surface area contributed by atoms with E-state index in [1.807, 2.05) is 64.3 Å². The third-order valence-electron chi connectivity index (χ3n) is 3.24. The molecule has 5 nitrogen and oxygen atoms in total. The van der Waals surface area contributed by atoms with Crippen LogP contribution in [0.3, 0.4) is 0 Å². The number of rotatable bonds is 3. The number of aryl methyl sites for hydroxylation is 1. The van der Waals surface area contributed by atoms with Crippen LogP contribution in [0.15, 0.2) is 41.3 Å². The van der Waals surface area contributed by atoms with Crippen molar-refractivity contribution in [3.63, 3.8) is 0 Å². The molecule has 3 rings (SSSR count). The summed E-state index contributed by atoms with van der Waals surface area (Å²) in [4.78, 5) is 19.2. The first kappa shape index (κ1) is 16.0. The van der Waals surface area contributed by atoms with Gasteiger partial charge in [0.2, 0.25) is 0 Å². The van der Waals surface area contributed by atoms with E-state index in [4.69, 9.17) is 0 Å². The van der Waals surface area contributed by atoms with Gasteiger partial charge in [-0.15, -0.1) is 0 Å². The molecule has 2 heterocycles. The number of H-pyrrole nitrogens is 1. The van der Waals surface area contributed by atoms with Crippen LogP contribution in [0.25, 0.3) is 16.7 Å². The highest BCUT2D eigenvalue weighted by Gasteiger charge is 2.06. The van der Waals surface area contributed by atoms with Gasteiger partial charge < -0.3 is 10.3 Å². The minimum atomic E-state index is -0.277. The van der Waals surface area contributed by atoms with Crippen molar-refractivity contribution in [3.05, 3.63) is 58.3 Å². The molecule has 0 amide bonds. The number of hydrogen-bond acceptors (Lipinski definition) is 3. The van der Waals surface area contributed by atoms with E-state index >= 15 is 0 Å². The predicted octanol–water partition coefficient (Wildman–Crippen LogP) is 2.77. The van der Waals surface area contributed by atoms with E-state index in [-0.39, 0.29) is 5.69 Å². The van der Waals surface area contributed by atoms with E-state index in [9.17, 15) is 4.79 Å². The number of aromatic nitrogens is 3. The average molecular weight is 298 g/mol. The lowest BCUT2D eigenvalue weighted by molar-refractivity contribution is 0.816. The molecule has 0 bridgehead atoms. The third-order valence-corrected chi connectivity index (χ3v) is 3.24. The van der Waals surface area contributed by atoms with Gasteiger partial charge in [-0.2, -0.15) is 4.98 Å². The van der Waals surface area contributed by atoms with Crippen LogP contribution in [0.2, 0.25) is 0 Å². The molecule has 0 fully saturated rings. The molecule has 0 atom stereocenters. The summed E-state index contributed by atoms with van der Waals surface area (Å²) in [7, 11) is 1.91. The Hall–Kier alpha value is -2.40. The highest BCUT2D eigenvalue weighted by molar-refractivity contribution is 5.75. The Morgan fingerprint density at radius 1 is 1.23 bits per heavy atom. The minimum absolute atomic E-state index is 0.277. The minimum Gasteiger partial charge on any atom is -0.343 e. The highest BCUT2D eigenvalue weighted by atomic mass is 16.1. The van der Waals surface area contributed by atoms with E-state index in [0.717, 1.165) is 23.3 Å². The van der Waals surface area contributed by atoms with Gasteiger partial charge in [0, 0.05) is 23.8 Å². The van der Waals surface area contributed by atoms with E-state index in [1.165, 1.54) is 5.56 Å². The molecule has 0 saturated carbocycles. The highest BCUT2D eigenvalue weighted by Crippen LogP contribution is 2.13. The Morgan fingerprint density at radius 2 is 1.91 bits per heavy atom. The van der Waals surface area contributed by atoms with Crippen molar-refractivity contribution in [2.24, 2.45) is 0 Å². The fraction of sp³-hybridized carbons (Fsp3) is 0.294. The second kappa shape index (κ2) is 7.04. The summed E-state index contributed by atoms with van der Waals surface area (Å²) in [6.07, 6.45) is 1.82. The first-order valence-electron chi connectivity index (χ1n) is 7.50. The van der Waals surface area contributed by atoms with Crippen LogP contribution in [0.4, 0.5) is 0 Å². The molecule has 0 radical (unpaired) electrons. The first-order valence-corrected chi connectivity index (χ1v) is 7.50. The zero-order valence-corrected chi connectivity index (χ0v) is 13.5. The molecule has 1 aromatic carbocycles. The third kappa shape index (κ3) is 3.26. The van der Waals surface area contributed by atoms with Crippen molar-refractivity contribution >= 4 is 11.0 Å². The molecule has 0 aliphatic heterocycles. The molecule has 116 valence electrons. The standard InChI is InChI=1S/C15H16N4O.C2H6/c1-10-7-12-9-19(15(20)18-14(12)17-10)13-5-3-11(4-6-13)8-16-2;1-2/h3-7,9,16H,8H2,1-2H3,(H,17,18,20);1-2H3. The fourth-order valence-corrected chi connectivity index (χ4v) is 2.29. The predicted molar refractivity (Wildman–Crippen MR) is 90.5 cm³/mol. The van der Waals surface area contributed by atoms with Crippen molar-refractivity contribution in [3.8, 4) is 5.69 Å². The summed E-state index contributed by atoms with van der Waals surface area (Å²) in [6.45, 7) is 6.76. The lowest BCUT2D eigenvalue weighted by Gasteiger charge is -2.06. The molecule has 2 N–H and O–H groups in total. The largest absolute Gasteiger partial charge is 0.354 e. The molecule has 0 saturated heterocycles. The number of nitrogens with one attached hydrogen (secondary N) is 2. The van der Waals surface area contributed by atoms with Gasteiger partial charge in [0.25, 0.3) is 0 Å². The molecule has 0 aliphatic rings. The Kier molecular flexibility index (Phi) is 5.12. The number of benzene rings is 1. The second-order valence-corrected chi connectivity index (χ2v) is 4.85. The number of fused-ring (bicyclic) bond motifs is 1. The maximum atomic E-state index is 12.1. The van der Waals surface area contributed by atoms with Gasteiger partial charge in [-0.05, 0) is 37.7 Å². The van der Waals surface area contributed by atoms with Crippen molar-refractivity contribution in [2.75, 3.05) is 7.05 Å². The average Bonchev–Trinajstić information content (AvgIpc) is 2.89. The zero-order valence-electron chi connectivity index (χ0n) is 13.5. The molecule has 2 aromatic heterocycles. The molecule has 0 spiro atoms. The number of nitrogens with zero attached hydrogens (tertiary/aromatic N) is 2. The lowest BCUT2D eigenvalue weighted by Crippen LogP contribution is -2.20. The number of aromatic amines is 1. The molecule has 3 aromatic rings. The van der Waals surface area contributed by atoms with Gasteiger partial charge in [-0.1, -0.05) is 26.0 Å². The monoisotopic (exact) mass is 298 g/mol. The van der Waals surface area contributed by atoms with E-state index in [2.05, 4.69) is 15.3 Å². The van der Waals surface area contributed by atoms with Crippen LogP contribution in [0.1, 0.15) is 25.1 Å². The number of hydrogen-bond donors (Lipinski definition) is 2. The van der Waals surface area contributed by atoms with Crippen molar-refractivity contribution < 1.29 is 0 Å². The van der Waals surface area contributed by atoms with Crippen LogP contribution in [-0.4, -0.2) is 21.6 Å². The summed E-state index contributed by atoms with van der Waals surface area (Å²) in [6, 6.07) is 9.85. The van der Waals surface area contributed by atoms with Crippen molar-refractivity contribution in [2.45, 2.75) is 27.3 Å². The van der Waals surface area contributed by atoms with E-state index in [1.54, 1.807) is 4.57 Å². The molecule has 0 unspecified atom stereocenters.